The number of benzene rings is 1. The van der Waals surface area contributed by atoms with Crippen LogP contribution in [-0.2, 0) is 4.79 Å². The molecule has 0 bridgehead atoms. The third-order valence-electron chi connectivity index (χ3n) is 2.94. The number of nitrogens with zero attached hydrogens (tertiary/aromatic N) is 2. The van der Waals surface area contributed by atoms with Crippen molar-refractivity contribution in [2.45, 2.75) is 13.8 Å². The van der Waals surface area contributed by atoms with Gasteiger partial charge in [-0.1, -0.05) is 11.2 Å². The summed E-state index contributed by atoms with van der Waals surface area (Å²) < 4.78 is 0. The number of hydrogen-bond acceptors (Lipinski definition) is 4. The third-order valence-corrected chi connectivity index (χ3v) is 2.94. The molecule has 0 saturated carbocycles. The smallest absolute Gasteiger partial charge is 0.237 e. The van der Waals surface area contributed by atoms with Gasteiger partial charge < -0.3 is 21.2 Å². The molecule has 6 heteroatoms. The first-order valence-electron chi connectivity index (χ1n) is 5.86. The first-order chi connectivity index (χ1) is 8.78. The number of carbonyl (C=O) groups is 1. The Morgan fingerprint density at radius 2 is 2.05 bits per heavy atom. The van der Waals surface area contributed by atoms with Crippen LogP contribution in [-0.4, -0.2) is 31.0 Å². The second-order valence-corrected chi connectivity index (χ2v) is 5.01. The Hall–Kier alpha value is -2.24. The van der Waals surface area contributed by atoms with E-state index in [9.17, 15) is 4.79 Å². The van der Waals surface area contributed by atoms with Gasteiger partial charge in [0.25, 0.3) is 0 Å². The Morgan fingerprint density at radius 1 is 1.42 bits per heavy atom. The van der Waals surface area contributed by atoms with E-state index in [1.807, 2.05) is 37.2 Å². The van der Waals surface area contributed by atoms with Gasteiger partial charge in [0.15, 0.2) is 5.84 Å². The van der Waals surface area contributed by atoms with Gasteiger partial charge in [0.05, 0.1) is 0 Å². The van der Waals surface area contributed by atoms with E-state index in [4.69, 9.17) is 10.9 Å². The Labute approximate surface area is 112 Å². The zero-order chi connectivity index (χ0) is 14.6. The van der Waals surface area contributed by atoms with E-state index in [1.54, 1.807) is 19.9 Å². The molecule has 1 aromatic carbocycles. The van der Waals surface area contributed by atoms with Crippen molar-refractivity contribution in [1.29, 1.82) is 0 Å². The summed E-state index contributed by atoms with van der Waals surface area (Å²) in [5, 5.41) is 14.3. The van der Waals surface area contributed by atoms with Gasteiger partial charge in [-0.25, -0.2) is 0 Å². The van der Waals surface area contributed by atoms with Crippen LogP contribution in [0.15, 0.2) is 29.4 Å². The molecule has 0 aliphatic rings. The summed E-state index contributed by atoms with van der Waals surface area (Å²) in [5.74, 6) is -0.465. The maximum Gasteiger partial charge on any atom is 0.237 e. The fourth-order valence-corrected chi connectivity index (χ4v) is 1.39. The topological polar surface area (TPSA) is 91.0 Å². The molecule has 0 aliphatic heterocycles. The van der Waals surface area contributed by atoms with Crippen LogP contribution in [0, 0.1) is 5.41 Å². The van der Waals surface area contributed by atoms with E-state index >= 15 is 0 Å². The molecule has 1 rings (SSSR count). The van der Waals surface area contributed by atoms with E-state index in [1.165, 1.54) is 0 Å². The number of anilines is 2. The van der Waals surface area contributed by atoms with Crippen LogP contribution in [0.1, 0.15) is 13.8 Å². The van der Waals surface area contributed by atoms with E-state index in [0.29, 0.717) is 5.69 Å². The van der Waals surface area contributed by atoms with Crippen molar-refractivity contribution >= 4 is 23.1 Å². The predicted molar refractivity (Wildman–Crippen MR) is 76.6 cm³/mol. The number of nitrogens with two attached hydrogens (primary N) is 1. The van der Waals surface area contributed by atoms with Crippen LogP contribution in [0.2, 0.25) is 0 Å². The standard InChI is InChI=1S/C13H20N4O2/c1-13(2,11(14)16-19)12(18)15-9-6-5-7-10(8-9)17(3)4/h5-8,19H,1-4H3,(H2,14,16)(H,15,18). The largest absolute Gasteiger partial charge is 0.409 e. The Bertz CT molecular complexity index is 495. The summed E-state index contributed by atoms with van der Waals surface area (Å²) in [7, 11) is 3.84. The molecule has 104 valence electrons. The number of carbonyl (C=O) groups excluding carboxylic acids is 1. The molecule has 0 spiro atoms. The fourth-order valence-electron chi connectivity index (χ4n) is 1.39. The molecule has 19 heavy (non-hydrogen) atoms. The van der Waals surface area contributed by atoms with E-state index in [-0.39, 0.29) is 11.7 Å². The molecule has 0 saturated heterocycles. The molecule has 0 aromatic heterocycles. The minimum absolute atomic E-state index is 0.131. The van der Waals surface area contributed by atoms with Gasteiger partial charge in [-0.15, -0.1) is 0 Å². The number of amidine groups is 1. The third kappa shape index (κ3) is 3.37. The van der Waals surface area contributed by atoms with Crippen LogP contribution in [0.4, 0.5) is 11.4 Å². The highest BCUT2D eigenvalue weighted by atomic mass is 16.4. The number of amides is 1. The molecule has 0 heterocycles. The average molecular weight is 264 g/mol. The number of rotatable bonds is 4. The molecule has 0 atom stereocenters. The summed E-state index contributed by atoms with van der Waals surface area (Å²) in [5.41, 5.74) is 6.07. The lowest BCUT2D eigenvalue weighted by molar-refractivity contribution is -0.121. The van der Waals surface area contributed by atoms with Crippen LogP contribution >= 0.6 is 0 Å². The summed E-state index contributed by atoms with van der Waals surface area (Å²) >= 11 is 0. The molecule has 4 N–H and O–H groups in total. The molecular weight excluding hydrogens is 244 g/mol. The highest BCUT2D eigenvalue weighted by Crippen LogP contribution is 2.21. The lowest BCUT2D eigenvalue weighted by Crippen LogP contribution is -2.42. The zero-order valence-electron chi connectivity index (χ0n) is 11.6. The summed E-state index contributed by atoms with van der Waals surface area (Å²) in [6, 6.07) is 7.42. The first kappa shape index (κ1) is 14.8. The molecule has 0 fully saturated rings. The Morgan fingerprint density at radius 3 is 2.58 bits per heavy atom. The number of hydrogen-bond donors (Lipinski definition) is 3. The average Bonchev–Trinajstić information content (AvgIpc) is 2.37. The van der Waals surface area contributed by atoms with Gasteiger partial charge in [0.1, 0.15) is 5.41 Å². The highest BCUT2D eigenvalue weighted by Gasteiger charge is 2.32. The normalized spacial score (nSPS) is 12.1. The van der Waals surface area contributed by atoms with Crippen LogP contribution in [0.5, 0.6) is 0 Å². The van der Waals surface area contributed by atoms with E-state index in [2.05, 4.69) is 10.5 Å². The summed E-state index contributed by atoms with van der Waals surface area (Å²) in [4.78, 5) is 14.1. The van der Waals surface area contributed by atoms with Gasteiger partial charge in [-0.2, -0.15) is 0 Å². The molecule has 1 amide bonds. The van der Waals surface area contributed by atoms with Gasteiger partial charge in [-0.3, -0.25) is 4.79 Å². The second-order valence-electron chi connectivity index (χ2n) is 5.01. The van der Waals surface area contributed by atoms with Crippen molar-refractivity contribution in [2.24, 2.45) is 16.3 Å². The quantitative estimate of drug-likeness (QED) is 0.332. The maximum atomic E-state index is 12.1. The van der Waals surface area contributed by atoms with Crippen molar-refractivity contribution in [3.63, 3.8) is 0 Å². The molecule has 1 aromatic rings. The molecule has 0 aliphatic carbocycles. The molecule has 6 nitrogen and oxygen atoms in total. The summed E-state index contributed by atoms with van der Waals surface area (Å²) in [6.45, 7) is 3.18. The molecule has 0 unspecified atom stereocenters. The minimum atomic E-state index is -1.08. The lowest BCUT2D eigenvalue weighted by Gasteiger charge is -2.22. The van der Waals surface area contributed by atoms with Gasteiger partial charge in [0, 0.05) is 25.5 Å². The Kier molecular flexibility index (Phi) is 4.37. The minimum Gasteiger partial charge on any atom is -0.409 e. The van der Waals surface area contributed by atoms with Crippen molar-refractivity contribution in [3.8, 4) is 0 Å². The predicted octanol–water partition coefficient (Wildman–Crippen LogP) is 1.46. The Balaban J connectivity index is 2.91. The van der Waals surface area contributed by atoms with Gasteiger partial charge in [0.2, 0.25) is 5.91 Å². The van der Waals surface area contributed by atoms with Crippen molar-refractivity contribution < 1.29 is 10.0 Å². The second kappa shape index (κ2) is 5.60. The zero-order valence-corrected chi connectivity index (χ0v) is 11.6. The highest BCUT2D eigenvalue weighted by molar-refractivity contribution is 6.11. The van der Waals surface area contributed by atoms with Crippen molar-refractivity contribution in [2.75, 3.05) is 24.3 Å². The van der Waals surface area contributed by atoms with E-state index in [0.717, 1.165) is 5.69 Å². The van der Waals surface area contributed by atoms with Gasteiger partial charge in [-0.05, 0) is 32.0 Å². The van der Waals surface area contributed by atoms with Crippen molar-refractivity contribution in [1.82, 2.24) is 0 Å². The van der Waals surface area contributed by atoms with E-state index < -0.39 is 5.41 Å². The first-order valence-corrected chi connectivity index (χ1v) is 5.86. The van der Waals surface area contributed by atoms with Crippen LogP contribution in [0.25, 0.3) is 0 Å². The van der Waals surface area contributed by atoms with Gasteiger partial charge >= 0.3 is 0 Å². The number of oxime groups is 1. The summed E-state index contributed by atoms with van der Waals surface area (Å²) in [6.07, 6.45) is 0. The van der Waals surface area contributed by atoms with Crippen LogP contribution < -0.4 is 16.0 Å². The lowest BCUT2D eigenvalue weighted by atomic mass is 9.91. The maximum absolute atomic E-state index is 12.1. The van der Waals surface area contributed by atoms with Crippen molar-refractivity contribution in [3.05, 3.63) is 24.3 Å². The monoisotopic (exact) mass is 264 g/mol. The number of nitrogens with one attached hydrogen (secondary N) is 1. The SMILES string of the molecule is CN(C)c1cccc(NC(=O)C(C)(C)/C(N)=N/O)c1. The fraction of sp³-hybridized carbons (Fsp3) is 0.385. The molecular formula is C13H20N4O2. The molecule has 0 radical (unpaired) electrons. The van der Waals surface area contributed by atoms with Crippen LogP contribution in [0.3, 0.4) is 0 Å².